The van der Waals surface area contributed by atoms with E-state index in [4.69, 9.17) is 4.99 Å². The second kappa shape index (κ2) is 9.69. The molecule has 1 saturated heterocycles. The quantitative estimate of drug-likeness (QED) is 0.242. The normalized spacial score (nSPS) is 15.5. The maximum atomic E-state index is 11.4. The Hall–Kier alpha value is -4.01. The summed E-state index contributed by atoms with van der Waals surface area (Å²) >= 11 is 0. The lowest BCUT2D eigenvalue weighted by Gasteiger charge is -2.32. The maximum Gasteiger partial charge on any atom is 0.270 e. The fourth-order valence-corrected chi connectivity index (χ4v) is 4.50. The lowest BCUT2D eigenvalue weighted by Crippen LogP contribution is -2.43. The van der Waals surface area contributed by atoms with Crippen LogP contribution in [-0.4, -0.2) is 63.8 Å². The van der Waals surface area contributed by atoms with Gasteiger partial charge < -0.3 is 15.0 Å². The van der Waals surface area contributed by atoms with Gasteiger partial charge in [-0.3, -0.25) is 15.0 Å². The molecule has 0 amide bonds. The third-order valence-corrected chi connectivity index (χ3v) is 6.41. The highest BCUT2D eigenvalue weighted by Gasteiger charge is 2.21. The minimum Gasteiger partial charge on any atom is -0.494 e. The smallest absolute Gasteiger partial charge is 0.270 e. The van der Waals surface area contributed by atoms with E-state index >= 15 is 0 Å². The average molecular weight is 470 g/mol. The number of benzene rings is 3. The number of hydrogen-bond acceptors (Lipinski definition) is 6. The van der Waals surface area contributed by atoms with Gasteiger partial charge >= 0.3 is 0 Å². The van der Waals surface area contributed by atoms with Crippen molar-refractivity contribution < 1.29 is 10.0 Å². The molecule has 0 radical (unpaired) electrons. The molecule has 2 heterocycles. The number of hydrogen-bond donors (Lipinski definition) is 2. The highest BCUT2D eigenvalue weighted by Crippen LogP contribution is 2.33. The van der Waals surface area contributed by atoms with Crippen molar-refractivity contribution in [1.29, 1.82) is 0 Å². The number of aromatic nitrogens is 1. The Morgan fingerprint density at radius 2 is 1.80 bits per heavy atom. The van der Waals surface area contributed by atoms with Crippen LogP contribution >= 0.6 is 0 Å². The zero-order chi connectivity index (χ0) is 24.4. The van der Waals surface area contributed by atoms with Crippen molar-refractivity contribution in [2.24, 2.45) is 4.99 Å². The van der Waals surface area contributed by atoms with Crippen LogP contribution in [0.25, 0.3) is 10.9 Å². The molecule has 1 fully saturated rings. The van der Waals surface area contributed by atoms with Gasteiger partial charge in [-0.15, -0.1) is 0 Å². The Labute approximate surface area is 203 Å². The molecule has 1 aromatic heterocycles. The SMILES string of the molecule is CN1CCN(Cc2cccc(N=C(c3ccccc3)c3c(O)[nH]c4ccc([N+](=O)[O-])cc34)c2)CC1. The van der Waals surface area contributed by atoms with Crippen LogP contribution in [0.4, 0.5) is 11.4 Å². The Kier molecular flexibility index (Phi) is 6.31. The number of nitrogens with zero attached hydrogens (tertiary/aromatic N) is 4. The Morgan fingerprint density at radius 3 is 2.54 bits per heavy atom. The van der Waals surface area contributed by atoms with Crippen LogP contribution in [-0.2, 0) is 6.54 Å². The van der Waals surface area contributed by atoms with Gasteiger partial charge in [0.1, 0.15) is 0 Å². The van der Waals surface area contributed by atoms with Crippen LogP contribution in [0.3, 0.4) is 0 Å². The number of fused-ring (bicyclic) bond motifs is 1. The lowest BCUT2D eigenvalue weighted by molar-refractivity contribution is -0.384. The zero-order valence-electron chi connectivity index (χ0n) is 19.5. The number of likely N-dealkylation sites (N-methyl/N-ethyl adjacent to an activating group) is 1. The topological polar surface area (TPSA) is 98.0 Å². The summed E-state index contributed by atoms with van der Waals surface area (Å²) < 4.78 is 0. The van der Waals surface area contributed by atoms with Crippen LogP contribution in [0, 0.1) is 10.1 Å². The molecule has 1 aliphatic rings. The molecule has 0 bridgehead atoms. The van der Waals surface area contributed by atoms with Crippen LogP contribution in [0.2, 0.25) is 0 Å². The van der Waals surface area contributed by atoms with Crippen molar-refractivity contribution in [3.05, 3.63) is 99.6 Å². The molecule has 178 valence electrons. The van der Waals surface area contributed by atoms with Gasteiger partial charge in [-0.05, 0) is 30.8 Å². The number of aromatic amines is 1. The van der Waals surface area contributed by atoms with Crippen molar-refractivity contribution in [2.45, 2.75) is 6.54 Å². The molecule has 0 aliphatic carbocycles. The lowest BCUT2D eigenvalue weighted by atomic mass is 10.0. The first-order chi connectivity index (χ1) is 17.0. The zero-order valence-corrected chi connectivity index (χ0v) is 19.5. The van der Waals surface area contributed by atoms with Gasteiger partial charge in [0.15, 0.2) is 5.88 Å². The molecule has 5 rings (SSSR count). The number of H-pyrrole nitrogens is 1. The van der Waals surface area contributed by atoms with E-state index in [1.165, 1.54) is 17.7 Å². The number of piperazine rings is 1. The number of nitro groups is 1. The van der Waals surface area contributed by atoms with E-state index < -0.39 is 4.92 Å². The van der Waals surface area contributed by atoms with E-state index in [0.29, 0.717) is 22.2 Å². The van der Waals surface area contributed by atoms with Crippen molar-refractivity contribution in [2.75, 3.05) is 33.2 Å². The third kappa shape index (κ3) is 4.94. The molecule has 8 heteroatoms. The molecule has 0 unspecified atom stereocenters. The number of aliphatic imine (C=N–C) groups is 1. The molecular weight excluding hydrogens is 442 g/mol. The minimum atomic E-state index is -0.436. The van der Waals surface area contributed by atoms with Gasteiger partial charge in [0.2, 0.25) is 0 Å². The van der Waals surface area contributed by atoms with E-state index in [2.05, 4.69) is 34.0 Å². The first kappa shape index (κ1) is 22.8. The van der Waals surface area contributed by atoms with E-state index in [-0.39, 0.29) is 11.6 Å². The standard InChI is InChI=1S/C27H27N5O3/c1-30-12-14-31(15-13-30)18-19-6-5-9-21(16-19)28-26(20-7-3-2-4-8-20)25-23-17-22(32(34)35)10-11-24(23)29-27(25)33/h2-11,16-17,29,33H,12-15,18H2,1H3. The van der Waals surface area contributed by atoms with Crippen LogP contribution in [0.5, 0.6) is 5.88 Å². The van der Waals surface area contributed by atoms with Crippen molar-refractivity contribution in [3.8, 4) is 5.88 Å². The molecule has 35 heavy (non-hydrogen) atoms. The van der Waals surface area contributed by atoms with Crippen molar-refractivity contribution in [3.63, 3.8) is 0 Å². The molecule has 0 saturated carbocycles. The monoisotopic (exact) mass is 469 g/mol. The molecule has 2 N–H and O–H groups in total. The summed E-state index contributed by atoms with van der Waals surface area (Å²) in [5, 5.41) is 22.8. The van der Waals surface area contributed by atoms with Gasteiger partial charge in [-0.1, -0.05) is 42.5 Å². The Balaban J connectivity index is 1.58. The summed E-state index contributed by atoms with van der Waals surface area (Å²) in [7, 11) is 2.15. The summed E-state index contributed by atoms with van der Waals surface area (Å²) in [5.74, 6) is -0.0725. The van der Waals surface area contributed by atoms with Crippen molar-refractivity contribution in [1.82, 2.24) is 14.8 Å². The van der Waals surface area contributed by atoms with Gasteiger partial charge in [0.25, 0.3) is 5.69 Å². The largest absolute Gasteiger partial charge is 0.494 e. The number of non-ortho nitro benzene ring substituents is 1. The first-order valence-electron chi connectivity index (χ1n) is 11.6. The Bertz CT molecular complexity index is 1390. The van der Waals surface area contributed by atoms with Gasteiger partial charge in [-0.2, -0.15) is 0 Å². The highest BCUT2D eigenvalue weighted by atomic mass is 16.6. The number of nitro benzene ring substituents is 1. The van der Waals surface area contributed by atoms with Crippen LogP contribution < -0.4 is 0 Å². The second-order valence-electron chi connectivity index (χ2n) is 8.91. The van der Waals surface area contributed by atoms with E-state index in [0.717, 1.165) is 44.0 Å². The summed E-state index contributed by atoms with van der Waals surface area (Å²) in [6.07, 6.45) is 0. The number of rotatable bonds is 6. The van der Waals surface area contributed by atoms with E-state index in [1.54, 1.807) is 6.07 Å². The molecular formula is C27H27N5O3. The van der Waals surface area contributed by atoms with Crippen molar-refractivity contribution >= 4 is 28.0 Å². The maximum absolute atomic E-state index is 11.4. The van der Waals surface area contributed by atoms with Crippen LogP contribution in [0.1, 0.15) is 16.7 Å². The van der Waals surface area contributed by atoms with Crippen LogP contribution in [0.15, 0.2) is 77.8 Å². The Morgan fingerprint density at radius 1 is 1.03 bits per heavy atom. The van der Waals surface area contributed by atoms with E-state index in [1.807, 2.05) is 42.5 Å². The third-order valence-electron chi connectivity index (χ3n) is 6.41. The fourth-order valence-electron chi connectivity index (χ4n) is 4.50. The first-order valence-corrected chi connectivity index (χ1v) is 11.6. The highest BCUT2D eigenvalue weighted by molar-refractivity contribution is 6.22. The molecule has 0 atom stereocenters. The molecule has 0 spiro atoms. The molecule has 4 aromatic rings. The summed E-state index contributed by atoms with van der Waals surface area (Å²) in [4.78, 5) is 23.6. The number of aromatic hydroxyl groups is 1. The van der Waals surface area contributed by atoms with E-state index in [9.17, 15) is 15.2 Å². The number of nitrogens with one attached hydrogen (secondary N) is 1. The summed E-state index contributed by atoms with van der Waals surface area (Å²) in [6.45, 7) is 5.02. The summed E-state index contributed by atoms with van der Waals surface area (Å²) in [6, 6.07) is 22.2. The molecule has 1 aliphatic heterocycles. The predicted octanol–water partition coefficient (Wildman–Crippen LogP) is 4.70. The van der Waals surface area contributed by atoms with Gasteiger partial charge in [0.05, 0.1) is 21.9 Å². The fraction of sp³-hybridized carbons (Fsp3) is 0.222. The average Bonchev–Trinajstić information content (AvgIpc) is 3.19. The second-order valence-corrected chi connectivity index (χ2v) is 8.91. The molecule has 8 nitrogen and oxygen atoms in total. The predicted molar refractivity (Wildman–Crippen MR) is 138 cm³/mol. The molecule has 3 aromatic carbocycles. The summed E-state index contributed by atoms with van der Waals surface area (Å²) in [5.41, 5.74) is 4.29. The minimum absolute atomic E-state index is 0.0423. The van der Waals surface area contributed by atoms with Gasteiger partial charge in [0, 0.05) is 61.3 Å². The van der Waals surface area contributed by atoms with Gasteiger partial charge in [-0.25, -0.2) is 4.99 Å².